The summed E-state index contributed by atoms with van der Waals surface area (Å²) in [5.74, 6) is -1.48. The third-order valence-corrected chi connectivity index (χ3v) is 6.46. The largest absolute Gasteiger partial charge is 0.478 e. The molecule has 0 spiro atoms. The van der Waals surface area contributed by atoms with Crippen molar-refractivity contribution in [2.45, 2.75) is 11.8 Å². The Balaban J connectivity index is 1.82. The number of pyridine rings is 1. The first-order valence-electron chi connectivity index (χ1n) is 9.92. The van der Waals surface area contributed by atoms with Crippen LogP contribution < -0.4 is 10.6 Å². The number of halogens is 1. The van der Waals surface area contributed by atoms with Crippen LogP contribution in [0.15, 0.2) is 52.0 Å². The van der Waals surface area contributed by atoms with Crippen LogP contribution in [0.5, 0.6) is 0 Å². The number of carbonyl (C=O) groups excluding carboxylic acids is 1. The lowest BCUT2D eigenvalue weighted by atomic mass is 10.1. The molecule has 0 atom stereocenters. The number of anilines is 3. The van der Waals surface area contributed by atoms with E-state index in [9.17, 15) is 14.7 Å². The highest BCUT2D eigenvalue weighted by molar-refractivity contribution is 9.10. The zero-order valence-electron chi connectivity index (χ0n) is 17.2. The fourth-order valence-electron chi connectivity index (χ4n) is 3.44. The topological polar surface area (TPSA) is 104 Å². The number of hydrogen-bond donors (Lipinski definition) is 3. The van der Waals surface area contributed by atoms with Gasteiger partial charge in [0, 0.05) is 36.1 Å². The number of carbonyl (C=O) groups is 2. The standard InChI is InChI=1S/C22H21BrN4O4S/c1-13(28)25-17-3-2-4-18(20(17)22(29)30)26-21-15-11-14(23)5-6-16(15)24-12-19(21)32-27-7-9-31-10-8-27/h2-6,11-12H,7-10H2,1H3,(H,24,26)(H,25,28)(H,29,30). The molecule has 2 heterocycles. The molecule has 2 aromatic carbocycles. The number of nitrogens with one attached hydrogen (secondary N) is 2. The maximum Gasteiger partial charge on any atom is 0.339 e. The zero-order chi connectivity index (χ0) is 22.7. The number of fused-ring (bicyclic) bond motifs is 1. The van der Waals surface area contributed by atoms with Gasteiger partial charge in [-0.25, -0.2) is 9.10 Å². The molecule has 0 aliphatic carbocycles. The summed E-state index contributed by atoms with van der Waals surface area (Å²) in [6.45, 7) is 4.21. The first-order valence-corrected chi connectivity index (χ1v) is 11.5. The minimum atomic E-state index is -1.14. The molecule has 10 heteroatoms. The molecule has 1 saturated heterocycles. The smallest absolute Gasteiger partial charge is 0.339 e. The van der Waals surface area contributed by atoms with Crippen molar-refractivity contribution in [3.8, 4) is 0 Å². The monoisotopic (exact) mass is 516 g/mol. The van der Waals surface area contributed by atoms with Crippen molar-refractivity contribution < 1.29 is 19.4 Å². The van der Waals surface area contributed by atoms with Gasteiger partial charge in [0.2, 0.25) is 5.91 Å². The lowest BCUT2D eigenvalue weighted by Crippen LogP contribution is -2.31. The highest BCUT2D eigenvalue weighted by Gasteiger charge is 2.21. The number of nitrogens with zero attached hydrogens (tertiary/aromatic N) is 2. The zero-order valence-corrected chi connectivity index (χ0v) is 19.6. The molecule has 3 aromatic rings. The Morgan fingerprint density at radius 3 is 2.66 bits per heavy atom. The summed E-state index contributed by atoms with van der Waals surface area (Å²) < 4.78 is 8.52. The molecule has 1 aliphatic heterocycles. The molecular formula is C22H21BrN4O4S. The Hall–Kier alpha value is -2.66. The van der Waals surface area contributed by atoms with Gasteiger partial charge in [-0.1, -0.05) is 22.0 Å². The number of carboxylic acid groups (broad SMARTS) is 1. The lowest BCUT2D eigenvalue weighted by molar-refractivity contribution is -0.114. The van der Waals surface area contributed by atoms with E-state index in [1.807, 2.05) is 18.2 Å². The Morgan fingerprint density at radius 1 is 1.19 bits per heavy atom. The van der Waals surface area contributed by atoms with Crippen molar-refractivity contribution >= 4 is 67.7 Å². The van der Waals surface area contributed by atoms with Crippen LogP contribution in [0.3, 0.4) is 0 Å². The van der Waals surface area contributed by atoms with Crippen LogP contribution in [0.4, 0.5) is 17.1 Å². The van der Waals surface area contributed by atoms with Gasteiger partial charge in [0.15, 0.2) is 0 Å². The number of amides is 1. The Bertz CT molecular complexity index is 1180. The van der Waals surface area contributed by atoms with Crippen molar-refractivity contribution in [2.75, 3.05) is 36.9 Å². The van der Waals surface area contributed by atoms with Crippen molar-refractivity contribution in [1.82, 2.24) is 9.29 Å². The number of aromatic carboxylic acids is 1. The van der Waals surface area contributed by atoms with E-state index in [1.54, 1.807) is 36.3 Å². The molecule has 0 unspecified atom stereocenters. The number of hydrogen-bond acceptors (Lipinski definition) is 7. The summed E-state index contributed by atoms with van der Waals surface area (Å²) in [4.78, 5) is 29.1. The van der Waals surface area contributed by atoms with Crippen LogP contribution in [-0.2, 0) is 9.53 Å². The van der Waals surface area contributed by atoms with Crippen molar-refractivity contribution in [1.29, 1.82) is 0 Å². The summed E-state index contributed by atoms with van der Waals surface area (Å²) in [7, 11) is 0. The Kier molecular flexibility index (Phi) is 6.95. The SMILES string of the molecule is CC(=O)Nc1cccc(Nc2c(SN3CCOCC3)cnc3ccc(Br)cc23)c1C(=O)O. The molecule has 4 rings (SSSR count). The van der Waals surface area contributed by atoms with E-state index in [0.717, 1.165) is 39.0 Å². The van der Waals surface area contributed by atoms with Crippen LogP contribution in [0.1, 0.15) is 17.3 Å². The third kappa shape index (κ3) is 5.04. The van der Waals surface area contributed by atoms with Crippen LogP contribution in [0.25, 0.3) is 10.9 Å². The molecule has 8 nitrogen and oxygen atoms in total. The molecule has 1 aliphatic rings. The maximum atomic E-state index is 12.1. The van der Waals surface area contributed by atoms with Gasteiger partial charge in [0.1, 0.15) is 5.56 Å². The number of benzene rings is 2. The van der Waals surface area contributed by atoms with Gasteiger partial charge in [-0.15, -0.1) is 0 Å². The third-order valence-electron chi connectivity index (χ3n) is 4.84. The summed E-state index contributed by atoms with van der Waals surface area (Å²) >= 11 is 5.08. The van der Waals surface area contributed by atoms with Crippen molar-refractivity contribution in [3.63, 3.8) is 0 Å². The molecule has 32 heavy (non-hydrogen) atoms. The van der Waals surface area contributed by atoms with E-state index >= 15 is 0 Å². The van der Waals surface area contributed by atoms with E-state index in [2.05, 4.69) is 35.9 Å². The lowest BCUT2D eigenvalue weighted by Gasteiger charge is -2.26. The average molecular weight is 517 g/mol. The van der Waals surface area contributed by atoms with E-state index in [4.69, 9.17) is 4.74 Å². The predicted octanol–water partition coefficient (Wildman–Crippen LogP) is 4.74. The average Bonchev–Trinajstić information content (AvgIpc) is 2.75. The van der Waals surface area contributed by atoms with Crippen LogP contribution in [0.2, 0.25) is 0 Å². The fraction of sp³-hybridized carbons (Fsp3) is 0.227. The normalized spacial score (nSPS) is 14.3. The molecular weight excluding hydrogens is 496 g/mol. The molecule has 1 aromatic heterocycles. The highest BCUT2D eigenvalue weighted by Crippen LogP contribution is 2.39. The predicted molar refractivity (Wildman–Crippen MR) is 129 cm³/mol. The van der Waals surface area contributed by atoms with Gasteiger partial charge in [0.05, 0.1) is 40.7 Å². The van der Waals surface area contributed by atoms with Gasteiger partial charge in [-0.2, -0.15) is 0 Å². The van der Waals surface area contributed by atoms with Crippen molar-refractivity contribution in [3.05, 3.63) is 52.6 Å². The summed E-state index contributed by atoms with van der Waals surface area (Å²) in [5.41, 5.74) is 2.12. The first kappa shape index (κ1) is 22.5. The second-order valence-corrected chi connectivity index (χ2v) is 9.19. The van der Waals surface area contributed by atoms with Crippen LogP contribution >= 0.6 is 27.9 Å². The fourth-order valence-corrected chi connectivity index (χ4v) is 4.76. The highest BCUT2D eigenvalue weighted by atomic mass is 79.9. The number of carboxylic acids is 1. The van der Waals surface area contributed by atoms with Gasteiger partial charge in [0.25, 0.3) is 0 Å². The van der Waals surface area contributed by atoms with E-state index in [0.29, 0.717) is 18.9 Å². The summed E-state index contributed by atoms with van der Waals surface area (Å²) in [6.07, 6.45) is 1.79. The van der Waals surface area contributed by atoms with Gasteiger partial charge < -0.3 is 20.5 Å². The first-order chi connectivity index (χ1) is 15.4. The number of rotatable bonds is 6. The quantitative estimate of drug-likeness (QED) is 0.403. The number of aromatic nitrogens is 1. The Morgan fingerprint density at radius 2 is 1.94 bits per heavy atom. The van der Waals surface area contributed by atoms with E-state index in [-0.39, 0.29) is 17.2 Å². The van der Waals surface area contributed by atoms with E-state index in [1.165, 1.54) is 6.92 Å². The second-order valence-electron chi connectivity index (χ2n) is 7.13. The molecule has 0 bridgehead atoms. The molecule has 0 saturated carbocycles. The summed E-state index contributed by atoms with van der Waals surface area (Å²) in [5, 5.41) is 16.7. The van der Waals surface area contributed by atoms with E-state index < -0.39 is 5.97 Å². The number of morpholine rings is 1. The molecule has 166 valence electrons. The maximum absolute atomic E-state index is 12.1. The summed E-state index contributed by atoms with van der Waals surface area (Å²) in [6, 6.07) is 10.7. The minimum absolute atomic E-state index is 0.00928. The van der Waals surface area contributed by atoms with Gasteiger partial charge in [-0.3, -0.25) is 9.78 Å². The molecule has 1 fully saturated rings. The van der Waals surface area contributed by atoms with Crippen LogP contribution in [-0.4, -0.2) is 52.6 Å². The molecule has 3 N–H and O–H groups in total. The molecule has 0 radical (unpaired) electrons. The number of ether oxygens (including phenoxy) is 1. The molecule has 1 amide bonds. The van der Waals surface area contributed by atoms with Gasteiger partial charge >= 0.3 is 5.97 Å². The van der Waals surface area contributed by atoms with Gasteiger partial charge in [-0.05, 0) is 42.3 Å². The second kappa shape index (κ2) is 9.86. The minimum Gasteiger partial charge on any atom is -0.478 e. The Labute approximate surface area is 197 Å². The van der Waals surface area contributed by atoms with Crippen molar-refractivity contribution in [2.24, 2.45) is 0 Å². The van der Waals surface area contributed by atoms with Crippen LogP contribution in [0, 0.1) is 0 Å².